The molecule has 4 rings (SSSR count). The Morgan fingerprint density at radius 3 is 2.90 bits per heavy atom. The zero-order valence-electron chi connectivity index (χ0n) is 11.2. The summed E-state index contributed by atoms with van der Waals surface area (Å²) in [4.78, 5) is 22.1. The van der Waals surface area contributed by atoms with Crippen LogP contribution in [-0.2, 0) is 20.1 Å². The van der Waals surface area contributed by atoms with Gasteiger partial charge in [0.2, 0.25) is 5.65 Å². The Hall–Kier alpha value is -2.34. The van der Waals surface area contributed by atoms with Gasteiger partial charge in [-0.25, -0.2) is 4.98 Å². The summed E-state index contributed by atoms with van der Waals surface area (Å²) >= 11 is 5.85. The molecule has 3 aromatic heterocycles. The molecule has 6 nitrogen and oxygen atoms in total. The van der Waals surface area contributed by atoms with Crippen molar-refractivity contribution in [2.75, 3.05) is 4.90 Å². The molecule has 1 aliphatic rings. The van der Waals surface area contributed by atoms with Gasteiger partial charge in [-0.2, -0.15) is 4.98 Å². The van der Waals surface area contributed by atoms with E-state index in [-0.39, 0.29) is 5.56 Å². The van der Waals surface area contributed by atoms with Crippen molar-refractivity contribution in [3.8, 4) is 0 Å². The number of fused-ring (bicyclic) bond motifs is 2. The van der Waals surface area contributed by atoms with Crippen LogP contribution in [0.15, 0.2) is 33.5 Å². The molecule has 0 atom stereocenters. The monoisotopic (exact) mass is 302 g/mol. The highest BCUT2D eigenvalue weighted by molar-refractivity contribution is 6.29. The molecule has 4 heterocycles. The number of halogens is 1. The molecule has 0 saturated heterocycles. The SMILES string of the molecule is Cn1c2c(ccc1=O)CN(c1nc3nc(Cl)ccc3o1)C2. The third-order valence-corrected chi connectivity index (χ3v) is 3.92. The maximum absolute atomic E-state index is 11.7. The number of pyridine rings is 2. The van der Waals surface area contributed by atoms with Gasteiger partial charge < -0.3 is 13.9 Å². The molecule has 0 N–H and O–H groups in total. The molecule has 0 spiro atoms. The van der Waals surface area contributed by atoms with Crippen LogP contribution < -0.4 is 10.5 Å². The summed E-state index contributed by atoms with van der Waals surface area (Å²) in [6.45, 7) is 1.24. The number of aromatic nitrogens is 3. The van der Waals surface area contributed by atoms with Crippen LogP contribution in [0.4, 0.5) is 6.01 Å². The Labute approximate surface area is 124 Å². The van der Waals surface area contributed by atoms with Crippen molar-refractivity contribution in [3.63, 3.8) is 0 Å². The molecule has 7 heteroatoms. The van der Waals surface area contributed by atoms with Gasteiger partial charge in [0.15, 0.2) is 5.58 Å². The number of hydrogen-bond donors (Lipinski definition) is 0. The lowest BCUT2D eigenvalue weighted by Crippen LogP contribution is -2.20. The molecule has 0 amide bonds. The Balaban J connectivity index is 1.75. The first-order valence-electron chi connectivity index (χ1n) is 6.47. The topological polar surface area (TPSA) is 64.2 Å². The lowest BCUT2D eigenvalue weighted by Gasteiger charge is -2.11. The number of oxazole rings is 1. The zero-order chi connectivity index (χ0) is 14.6. The van der Waals surface area contributed by atoms with Crippen molar-refractivity contribution < 1.29 is 4.42 Å². The fourth-order valence-electron chi connectivity index (χ4n) is 2.58. The molecule has 1 aliphatic heterocycles. The van der Waals surface area contributed by atoms with Crippen LogP contribution in [0.3, 0.4) is 0 Å². The van der Waals surface area contributed by atoms with Gasteiger partial charge in [0.05, 0.1) is 6.54 Å². The summed E-state index contributed by atoms with van der Waals surface area (Å²) in [5.74, 6) is 0. The van der Waals surface area contributed by atoms with Crippen molar-refractivity contribution >= 4 is 28.8 Å². The molecular formula is C14H11ClN4O2. The van der Waals surface area contributed by atoms with Gasteiger partial charge >= 0.3 is 6.01 Å². The lowest BCUT2D eigenvalue weighted by molar-refractivity contribution is 0.571. The summed E-state index contributed by atoms with van der Waals surface area (Å²) in [5.41, 5.74) is 3.16. The molecule has 0 radical (unpaired) electrons. The number of hydrogen-bond acceptors (Lipinski definition) is 5. The van der Waals surface area contributed by atoms with Crippen molar-refractivity contribution in [3.05, 3.63) is 51.0 Å². The van der Waals surface area contributed by atoms with Crippen molar-refractivity contribution in [1.82, 2.24) is 14.5 Å². The molecule has 0 fully saturated rings. The summed E-state index contributed by atoms with van der Waals surface area (Å²) in [6.07, 6.45) is 0. The third-order valence-electron chi connectivity index (χ3n) is 3.71. The Morgan fingerprint density at radius 2 is 2.05 bits per heavy atom. The van der Waals surface area contributed by atoms with Crippen molar-refractivity contribution in [1.29, 1.82) is 0 Å². The number of rotatable bonds is 1. The van der Waals surface area contributed by atoms with Gasteiger partial charge in [0, 0.05) is 25.4 Å². The van der Waals surface area contributed by atoms with Crippen LogP contribution >= 0.6 is 11.6 Å². The minimum absolute atomic E-state index is 0.0124. The van der Waals surface area contributed by atoms with E-state index in [9.17, 15) is 4.79 Å². The number of anilines is 1. The van der Waals surface area contributed by atoms with Gasteiger partial charge in [-0.3, -0.25) is 4.79 Å². The summed E-state index contributed by atoms with van der Waals surface area (Å²) < 4.78 is 7.37. The van der Waals surface area contributed by atoms with E-state index in [1.54, 1.807) is 29.8 Å². The maximum Gasteiger partial charge on any atom is 0.300 e. The molecular weight excluding hydrogens is 292 g/mol. The smallest absolute Gasteiger partial charge is 0.300 e. The second-order valence-corrected chi connectivity index (χ2v) is 5.40. The predicted molar refractivity (Wildman–Crippen MR) is 78.4 cm³/mol. The lowest BCUT2D eigenvalue weighted by atomic mass is 10.2. The second-order valence-electron chi connectivity index (χ2n) is 5.01. The highest BCUT2D eigenvalue weighted by atomic mass is 35.5. The van der Waals surface area contributed by atoms with E-state index >= 15 is 0 Å². The maximum atomic E-state index is 11.7. The summed E-state index contributed by atoms with van der Waals surface area (Å²) in [7, 11) is 1.78. The Bertz CT molecular complexity index is 915. The van der Waals surface area contributed by atoms with Crippen molar-refractivity contribution in [2.45, 2.75) is 13.1 Å². The van der Waals surface area contributed by atoms with Gasteiger partial charge in [0.25, 0.3) is 5.56 Å². The fraction of sp³-hybridized carbons (Fsp3) is 0.214. The van der Waals surface area contributed by atoms with E-state index in [1.807, 2.05) is 11.0 Å². The van der Waals surface area contributed by atoms with E-state index in [2.05, 4.69) is 9.97 Å². The molecule has 3 aromatic rings. The molecule has 21 heavy (non-hydrogen) atoms. The van der Waals surface area contributed by atoms with Crippen LogP contribution in [-0.4, -0.2) is 14.5 Å². The van der Waals surface area contributed by atoms with Crippen LogP contribution in [0.1, 0.15) is 11.3 Å². The Kier molecular flexibility index (Phi) is 2.56. The normalized spacial score (nSPS) is 13.9. The van der Waals surface area contributed by atoms with Gasteiger partial charge in [0.1, 0.15) is 5.15 Å². The van der Waals surface area contributed by atoms with Crippen molar-refractivity contribution in [2.24, 2.45) is 7.05 Å². The first kappa shape index (κ1) is 12.4. The summed E-state index contributed by atoms with van der Waals surface area (Å²) in [5, 5.41) is 0.384. The summed E-state index contributed by atoms with van der Waals surface area (Å²) in [6, 6.07) is 7.34. The third kappa shape index (κ3) is 1.91. The minimum Gasteiger partial charge on any atom is -0.422 e. The van der Waals surface area contributed by atoms with Crippen LogP contribution in [0.2, 0.25) is 5.15 Å². The quantitative estimate of drug-likeness (QED) is 0.644. The fourth-order valence-corrected chi connectivity index (χ4v) is 2.72. The molecule has 0 aromatic carbocycles. The molecule has 0 bridgehead atoms. The van der Waals surface area contributed by atoms with E-state index in [0.29, 0.717) is 35.5 Å². The molecule has 0 saturated carbocycles. The molecule has 106 valence electrons. The highest BCUT2D eigenvalue weighted by Gasteiger charge is 2.25. The van der Waals surface area contributed by atoms with E-state index < -0.39 is 0 Å². The zero-order valence-corrected chi connectivity index (χ0v) is 12.0. The second kappa shape index (κ2) is 4.33. The largest absolute Gasteiger partial charge is 0.422 e. The average Bonchev–Trinajstić information content (AvgIpc) is 3.06. The standard InChI is InChI=1S/C14H11ClN4O2/c1-18-9-7-19(6-8(9)2-5-12(18)20)14-17-13-10(21-14)3-4-11(15)16-13/h2-5H,6-7H2,1H3. The Morgan fingerprint density at radius 1 is 1.19 bits per heavy atom. The predicted octanol–water partition coefficient (Wildman–Crippen LogP) is 2.10. The van der Waals surface area contributed by atoms with Gasteiger partial charge in [-0.1, -0.05) is 11.6 Å². The minimum atomic E-state index is -0.0124. The van der Waals surface area contributed by atoms with Gasteiger partial charge in [-0.05, 0) is 23.8 Å². The first-order chi connectivity index (χ1) is 10.1. The van der Waals surface area contributed by atoms with Crippen LogP contribution in [0, 0.1) is 0 Å². The average molecular weight is 303 g/mol. The number of nitrogens with zero attached hydrogens (tertiary/aromatic N) is 4. The van der Waals surface area contributed by atoms with Crippen LogP contribution in [0.25, 0.3) is 11.2 Å². The molecule has 0 unspecified atom stereocenters. The van der Waals surface area contributed by atoms with E-state index in [4.69, 9.17) is 16.0 Å². The van der Waals surface area contributed by atoms with Crippen LogP contribution in [0.5, 0.6) is 0 Å². The van der Waals surface area contributed by atoms with Gasteiger partial charge in [-0.15, -0.1) is 0 Å². The van der Waals surface area contributed by atoms with E-state index in [1.165, 1.54) is 0 Å². The molecule has 0 aliphatic carbocycles. The first-order valence-corrected chi connectivity index (χ1v) is 6.85. The van der Waals surface area contributed by atoms with E-state index in [0.717, 1.165) is 11.3 Å². The highest BCUT2D eigenvalue weighted by Crippen LogP contribution is 2.29.